The molecule has 2 aromatic rings. The largest absolute Gasteiger partial charge is 0.464 e. The van der Waals surface area contributed by atoms with Gasteiger partial charge >= 0.3 is 5.97 Å². The van der Waals surface area contributed by atoms with Gasteiger partial charge in [-0.1, -0.05) is 12.8 Å². The lowest BCUT2D eigenvalue weighted by atomic mass is 9.81. The molecule has 2 heterocycles. The van der Waals surface area contributed by atoms with Crippen molar-refractivity contribution in [3.05, 3.63) is 41.7 Å². The first kappa shape index (κ1) is 18.7. The van der Waals surface area contributed by atoms with Crippen LogP contribution in [0, 0.1) is 23.2 Å². The number of nitrogen functional groups attached to an aromatic ring is 1. The number of nitriles is 1. The Labute approximate surface area is 167 Å². The third kappa shape index (κ3) is 2.86. The van der Waals surface area contributed by atoms with Crippen molar-refractivity contribution >= 4 is 29.2 Å². The molecule has 1 aromatic heterocycles. The predicted molar refractivity (Wildman–Crippen MR) is 104 cm³/mol. The number of esters is 1. The number of imide groups is 1. The van der Waals surface area contributed by atoms with Crippen LogP contribution in [0.3, 0.4) is 0 Å². The molecule has 1 aliphatic heterocycles. The van der Waals surface area contributed by atoms with Gasteiger partial charge in [-0.05, 0) is 37.1 Å². The number of carbonyl (C=O) groups is 3. The Bertz CT molecular complexity index is 1020. The molecule has 1 saturated carbocycles. The van der Waals surface area contributed by atoms with Crippen LogP contribution in [0.4, 0.5) is 11.4 Å². The van der Waals surface area contributed by atoms with Crippen LogP contribution in [0.5, 0.6) is 0 Å². The Morgan fingerprint density at radius 1 is 1.10 bits per heavy atom. The Morgan fingerprint density at radius 2 is 1.66 bits per heavy atom. The van der Waals surface area contributed by atoms with Crippen molar-refractivity contribution in [3.8, 4) is 11.8 Å². The Morgan fingerprint density at radius 3 is 2.17 bits per heavy atom. The molecule has 1 saturated heterocycles. The normalized spacial score (nSPS) is 21.0. The van der Waals surface area contributed by atoms with Crippen LogP contribution in [-0.4, -0.2) is 29.5 Å². The molecule has 8 nitrogen and oxygen atoms in total. The van der Waals surface area contributed by atoms with Gasteiger partial charge in [0.2, 0.25) is 11.8 Å². The average molecular weight is 392 g/mol. The van der Waals surface area contributed by atoms with E-state index in [0.717, 1.165) is 25.7 Å². The zero-order valence-corrected chi connectivity index (χ0v) is 15.9. The van der Waals surface area contributed by atoms with Crippen molar-refractivity contribution < 1.29 is 19.1 Å². The fourth-order valence-corrected chi connectivity index (χ4v) is 4.30. The van der Waals surface area contributed by atoms with Crippen LogP contribution >= 0.6 is 0 Å². The molecule has 2 atom stereocenters. The van der Waals surface area contributed by atoms with Crippen molar-refractivity contribution in [3.63, 3.8) is 0 Å². The number of fused-ring (bicyclic) bond motifs is 1. The zero-order chi connectivity index (χ0) is 20.7. The Balaban J connectivity index is 1.69. The minimum atomic E-state index is -0.665. The lowest BCUT2D eigenvalue weighted by Crippen LogP contribution is -2.30. The number of amides is 2. The van der Waals surface area contributed by atoms with E-state index in [1.54, 1.807) is 24.3 Å². The van der Waals surface area contributed by atoms with E-state index >= 15 is 0 Å². The van der Waals surface area contributed by atoms with E-state index in [0.29, 0.717) is 11.4 Å². The average Bonchev–Trinajstić information content (AvgIpc) is 3.22. The van der Waals surface area contributed by atoms with Gasteiger partial charge in [-0.2, -0.15) is 5.26 Å². The van der Waals surface area contributed by atoms with Gasteiger partial charge < -0.3 is 15.0 Å². The molecule has 2 fully saturated rings. The van der Waals surface area contributed by atoms with Gasteiger partial charge in [0.1, 0.15) is 6.07 Å². The third-order valence-corrected chi connectivity index (χ3v) is 5.77. The van der Waals surface area contributed by atoms with E-state index < -0.39 is 5.97 Å². The van der Waals surface area contributed by atoms with Crippen LogP contribution in [0.15, 0.2) is 30.5 Å². The van der Waals surface area contributed by atoms with Gasteiger partial charge in [0.15, 0.2) is 5.69 Å². The summed E-state index contributed by atoms with van der Waals surface area (Å²) in [4.78, 5) is 38.9. The molecule has 2 aliphatic rings. The minimum absolute atomic E-state index is 0.0393. The van der Waals surface area contributed by atoms with Crippen LogP contribution in [0.2, 0.25) is 0 Å². The van der Waals surface area contributed by atoms with Gasteiger partial charge in [0.25, 0.3) is 0 Å². The topological polar surface area (TPSA) is 118 Å². The predicted octanol–water partition coefficient (Wildman–Crippen LogP) is 2.40. The molecule has 8 heteroatoms. The summed E-state index contributed by atoms with van der Waals surface area (Å²) < 4.78 is 6.25. The summed E-state index contributed by atoms with van der Waals surface area (Å²) in [6.07, 6.45) is 4.91. The summed E-state index contributed by atoms with van der Waals surface area (Å²) in [5.74, 6) is -1.38. The number of rotatable bonds is 3. The molecule has 2 N–H and O–H groups in total. The number of ether oxygens (including phenoxy) is 1. The maximum Gasteiger partial charge on any atom is 0.357 e. The molecule has 4 rings (SSSR count). The minimum Gasteiger partial charge on any atom is -0.464 e. The van der Waals surface area contributed by atoms with Gasteiger partial charge in [-0.25, -0.2) is 4.79 Å². The van der Waals surface area contributed by atoms with Crippen LogP contribution in [-0.2, 0) is 14.3 Å². The first-order chi connectivity index (χ1) is 14.0. The van der Waals surface area contributed by atoms with E-state index in [1.807, 2.05) is 6.07 Å². The fourth-order valence-electron chi connectivity index (χ4n) is 4.30. The molecule has 0 bridgehead atoms. The SMILES string of the molecule is COC(=O)c1c(N)c(C#N)cn1-c1ccc(N2C(=O)C3CCCCC3C2=O)cc1. The maximum absolute atomic E-state index is 12.8. The van der Waals surface area contributed by atoms with Gasteiger partial charge in [-0.3, -0.25) is 14.5 Å². The first-order valence-corrected chi connectivity index (χ1v) is 9.45. The van der Waals surface area contributed by atoms with E-state index in [2.05, 4.69) is 0 Å². The second kappa shape index (κ2) is 7.09. The highest BCUT2D eigenvalue weighted by atomic mass is 16.5. The molecule has 1 aliphatic carbocycles. The van der Waals surface area contributed by atoms with Crippen LogP contribution in [0.25, 0.3) is 5.69 Å². The standard InChI is InChI=1S/C21H20N4O4/c1-29-21(28)18-17(23)12(10-22)11-24(18)13-6-8-14(9-7-13)25-19(26)15-4-2-3-5-16(15)20(25)27/h6-9,11,15-16H,2-5,23H2,1H3. The molecule has 1 aromatic carbocycles. The number of benzene rings is 1. The summed E-state index contributed by atoms with van der Waals surface area (Å²) in [5.41, 5.74) is 7.22. The number of nitrogens with zero attached hydrogens (tertiary/aromatic N) is 3. The number of carbonyl (C=O) groups excluding carboxylic acids is 3. The van der Waals surface area contributed by atoms with E-state index in [9.17, 15) is 19.6 Å². The summed E-state index contributed by atoms with van der Waals surface area (Å²) >= 11 is 0. The van der Waals surface area contributed by atoms with Gasteiger partial charge in [-0.15, -0.1) is 0 Å². The molecule has 29 heavy (non-hydrogen) atoms. The van der Waals surface area contributed by atoms with Crippen LogP contribution in [0.1, 0.15) is 41.7 Å². The molecule has 2 amide bonds. The lowest BCUT2D eigenvalue weighted by molar-refractivity contribution is -0.122. The summed E-state index contributed by atoms with van der Waals surface area (Å²) in [7, 11) is 1.23. The number of hydrogen-bond acceptors (Lipinski definition) is 6. The second-order valence-corrected chi connectivity index (χ2v) is 7.30. The summed E-state index contributed by atoms with van der Waals surface area (Å²) in [6, 6.07) is 8.61. The smallest absolute Gasteiger partial charge is 0.357 e. The highest BCUT2D eigenvalue weighted by Crippen LogP contribution is 2.40. The number of methoxy groups -OCH3 is 1. The number of anilines is 2. The van der Waals surface area contributed by atoms with Gasteiger partial charge in [0.05, 0.1) is 35.9 Å². The molecular formula is C21H20N4O4. The van der Waals surface area contributed by atoms with E-state index in [4.69, 9.17) is 10.5 Å². The van der Waals surface area contributed by atoms with Crippen molar-refractivity contribution in [2.45, 2.75) is 25.7 Å². The number of hydrogen-bond donors (Lipinski definition) is 1. The highest BCUT2D eigenvalue weighted by Gasteiger charge is 2.48. The quantitative estimate of drug-likeness (QED) is 0.633. The third-order valence-electron chi connectivity index (χ3n) is 5.77. The van der Waals surface area contributed by atoms with Crippen LogP contribution < -0.4 is 10.6 Å². The lowest BCUT2D eigenvalue weighted by Gasteiger charge is -2.19. The number of aromatic nitrogens is 1. The number of nitrogens with two attached hydrogens (primary N) is 1. The van der Waals surface area contributed by atoms with Crippen molar-refractivity contribution in [1.29, 1.82) is 5.26 Å². The monoisotopic (exact) mass is 392 g/mol. The zero-order valence-electron chi connectivity index (χ0n) is 15.9. The molecular weight excluding hydrogens is 372 g/mol. The van der Waals surface area contributed by atoms with Crippen molar-refractivity contribution in [2.24, 2.45) is 11.8 Å². The molecule has 0 radical (unpaired) electrons. The van der Waals surface area contributed by atoms with Gasteiger partial charge in [0, 0.05) is 11.9 Å². The molecule has 148 valence electrons. The fraction of sp³-hybridized carbons (Fsp3) is 0.333. The van der Waals surface area contributed by atoms with E-state index in [1.165, 1.54) is 22.8 Å². The molecule has 2 unspecified atom stereocenters. The van der Waals surface area contributed by atoms with Crippen molar-refractivity contribution in [2.75, 3.05) is 17.7 Å². The summed E-state index contributed by atoms with van der Waals surface area (Å²) in [6.45, 7) is 0. The van der Waals surface area contributed by atoms with Crippen molar-refractivity contribution in [1.82, 2.24) is 4.57 Å². The summed E-state index contributed by atoms with van der Waals surface area (Å²) in [5, 5.41) is 9.23. The molecule has 0 spiro atoms. The van der Waals surface area contributed by atoms with E-state index in [-0.39, 0.29) is 40.6 Å². The highest BCUT2D eigenvalue weighted by molar-refractivity contribution is 6.22. The first-order valence-electron chi connectivity index (χ1n) is 9.45. The Hall–Kier alpha value is -3.60. The Kier molecular flexibility index (Phi) is 4.59. The maximum atomic E-state index is 12.8. The second-order valence-electron chi connectivity index (χ2n) is 7.30.